The molecule has 0 aliphatic rings. The zero-order valence-electron chi connectivity index (χ0n) is 21.6. The Morgan fingerprint density at radius 1 is 0.853 bits per heavy atom. The Hall–Kier alpha value is -1.21. The van der Waals surface area contributed by atoms with Gasteiger partial charge in [0.05, 0.1) is 5.69 Å². The summed E-state index contributed by atoms with van der Waals surface area (Å²) in [5.41, 5.74) is -0.0671. The molecule has 0 bridgehead atoms. The van der Waals surface area contributed by atoms with Crippen LogP contribution in [0.25, 0.3) is 0 Å². The molecule has 0 saturated carbocycles. The molecule has 0 aliphatic carbocycles. The van der Waals surface area contributed by atoms with Gasteiger partial charge < -0.3 is 0 Å². The predicted molar refractivity (Wildman–Crippen MR) is 144 cm³/mol. The lowest BCUT2D eigenvalue weighted by atomic mass is 9.99. The number of anilines is 1. The molecule has 0 aromatic heterocycles. The number of imide groups is 1. The Bertz CT molecular complexity index is 806. The molecule has 1 aromatic carbocycles. The van der Waals surface area contributed by atoms with Crippen LogP contribution >= 0.6 is 27.7 Å². The van der Waals surface area contributed by atoms with E-state index in [1.54, 1.807) is 0 Å². The van der Waals surface area contributed by atoms with Crippen molar-refractivity contribution in [3.8, 4) is 0 Å². The topological polar surface area (TPSA) is 54.5 Å². The predicted octanol–water partition coefficient (Wildman–Crippen LogP) is 8.55. The first-order valence-electron chi connectivity index (χ1n) is 12.6. The van der Waals surface area contributed by atoms with Crippen molar-refractivity contribution in [2.24, 2.45) is 17.8 Å². The van der Waals surface area contributed by atoms with Crippen LogP contribution in [0.15, 0.2) is 21.5 Å². The molecule has 3 unspecified atom stereocenters. The van der Waals surface area contributed by atoms with Crippen LogP contribution in [0.1, 0.15) is 99.3 Å². The molecule has 4 nitrogen and oxygen atoms in total. The SMILES string of the molecule is CCCC(C)CC(=O)Sc1cc(N(C(=O)CC(C)CCC)C(=O)CC(C)CCC)c(F)cc1Br. The fraction of sp³-hybridized carbons (Fsp3) is 0.667. The highest BCUT2D eigenvalue weighted by Gasteiger charge is 2.29. The molecule has 0 spiro atoms. The zero-order valence-corrected chi connectivity index (χ0v) is 24.0. The Kier molecular flexibility index (Phi) is 14.2. The third-order valence-corrected chi connectivity index (χ3v) is 7.74. The van der Waals surface area contributed by atoms with Crippen LogP contribution in [-0.2, 0) is 14.4 Å². The van der Waals surface area contributed by atoms with Crippen LogP contribution in [0.4, 0.5) is 10.1 Å². The maximum absolute atomic E-state index is 15.1. The summed E-state index contributed by atoms with van der Waals surface area (Å²) in [4.78, 5) is 40.7. The van der Waals surface area contributed by atoms with Crippen molar-refractivity contribution in [3.05, 3.63) is 22.4 Å². The van der Waals surface area contributed by atoms with Crippen molar-refractivity contribution in [1.29, 1.82) is 0 Å². The smallest absolute Gasteiger partial charge is 0.234 e. The van der Waals surface area contributed by atoms with Crippen molar-refractivity contribution >= 4 is 50.3 Å². The first-order valence-corrected chi connectivity index (χ1v) is 14.2. The first-order chi connectivity index (χ1) is 16.0. The number of benzene rings is 1. The molecule has 0 radical (unpaired) electrons. The Balaban J connectivity index is 3.30. The second-order valence-corrected chi connectivity index (χ2v) is 11.6. The van der Waals surface area contributed by atoms with Crippen LogP contribution in [0, 0.1) is 23.6 Å². The van der Waals surface area contributed by atoms with E-state index in [0.29, 0.717) is 15.8 Å². The lowest BCUT2D eigenvalue weighted by Gasteiger charge is -2.25. The quantitative estimate of drug-likeness (QED) is 0.215. The maximum Gasteiger partial charge on any atom is 0.234 e. The molecule has 0 heterocycles. The summed E-state index contributed by atoms with van der Waals surface area (Å²) >= 11 is 4.38. The molecule has 192 valence electrons. The average Bonchev–Trinajstić information content (AvgIpc) is 2.71. The fourth-order valence-corrected chi connectivity index (χ4v) is 5.69. The lowest BCUT2D eigenvalue weighted by molar-refractivity contribution is -0.127. The number of carbonyl (C=O) groups excluding carboxylic acids is 3. The van der Waals surface area contributed by atoms with Gasteiger partial charge in [0.2, 0.25) is 11.8 Å². The molecule has 34 heavy (non-hydrogen) atoms. The average molecular weight is 559 g/mol. The number of thioether (sulfide) groups is 1. The summed E-state index contributed by atoms with van der Waals surface area (Å²) in [6.45, 7) is 12.2. The number of hydrogen-bond acceptors (Lipinski definition) is 4. The number of nitrogens with zero attached hydrogens (tertiary/aromatic N) is 1. The second kappa shape index (κ2) is 15.7. The van der Waals surface area contributed by atoms with Gasteiger partial charge in [0.1, 0.15) is 5.82 Å². The fourth-order valence-electron chi connectivity index (χ4n) is 4.19. The summed E-state index contributed by atoms with van der Waals surface area (Å²) in [5.74, 6) is -0.992. The van der Waals surface area contributed by atoms with Gasteiger partial charge in [0.15, 0.2) is 5.12 Å². The van der Waals surface area contributed by atoms with E-state index in [-0.39, 0.29) is 41.4 Å². The summed E-state index contributed by atoms with van der Waals surface area (Å²) in [5, 5.41) is -0.0171. The monoisotopic (exact) mass is 557 g/mol. The van der Waals surface area contributed by atoms with Crippen LogP contribution < -0.4 is 4.90 Å². The highest BCUT2D eigenvalue weighted by molar-refractivity contribution is 9.10. The van der Waals surface area contributed by atoms with Gasteiger partial charge in [-0.1, -0.05) is 91.8 Å². The molecule has 0 saturated heterocycles. The van der Waals surface area contributed by atoms with Crippen LogP contribution in [0.3, 0.4) is 0 Å². The van der Waals surface area contributed by atoms with Crippen LogP contribution in [0.2, 0.25) is 0 Å². The molecule has 0 aliphatic heterocycles. The molecule has 1 rings (SSSR count). The standard InChI is InChI=1S/C27H41BrFNO3S/c1-7-10-18(4)13-25(31)30(26(32)14-19(5)11-8-2)23-17-24(21(28)16-22(23)29)34-27(33)15-20(6)12-9-3/h16-20H,7-15H2,1-6H3. The molecular formula is C27H41BrFNO3S. The normalized spacial score (nSPS) is 13.9. The van der Waals surface area contributed by atoms with Crippen molar-refractivity contribution < 1.29 is 18.8 Å². The van der Waals surface area contributed by atoms with Gasteiger partial charge in [0.25, 0.3) is 0 Å². The van der Waals surface area contributed by atoms with Crippen molar-refractivity contribution in [3.63, 3.8) is 0 Å². The van der Waals surface area contributed by atoms with E-state index in [1.165, 1.54) is 12.1 Å². The minimum Gasteiger partial charge on any atom is -0.287 e. The minimum atomic E-state index is -0.656. The van der Waals surface area contributed by atoms with Crippen molar-refractivity contribution in [1.82, 2.24) is 0 Å². The van der Waals surface area contributed by atoms with E-state index in [0.717, 1.165) is 55.2 Å². The third kappa shape index (κ3) is 10.2. The van der Waals surface area contributed by atoms with E-state index in [9.17, 15) is 14.4 Å². The molecule has 0 N–H and O–H groups in total. The Morgan fingerprint density at radius 3 is 1.74 bits per heavy atom. The summed E-state index contributed by atoms with van der Waals surface area (Å²) in [6, 6.07) is 2.72. The molecular weight excluding hydrogens is 517 g/mol. The van der Waals surface area contributed by atoms with E-state index in [4.69, 9.17) is 0 Å². The molecule has 3 atom stereocenters. The molecule has 1 aromatic rings. The zero-order chi connectivity index (χ0) is 25.8. The summed E-state index contributed by atoms with van der Waals surface area (Å²) in [7, 11) is 0. The van der Waals surface area contributed by atoms with Gasteiger partial charge in [-0.3, -0.25) is 14.4 Å². The molecule has 0 fully saturated rings. The van der Waals surface area contributed by atoms with Crippen molar-refractivity contribution in [2.45, 2.75) is 104 Å². The third-order valence-electron chi connectivity index (χ3n) is 5.87. The second-order valence-electron chi connectivity index (χ2n) is 9.62. The highest BCUT2D eigenvalue weighted by atomic mass is 79.9. The highest BCUT2D eigenvalue weighted by Crippen LogP contribution is 2.36. The minimum absolute atomic E-state index is 0.0171. The lowest BCUT2D eigenvalue weighted by Crippen LogP contribution is -2.39. The van der Waals surface area contributed by atoms with Gasteiger partial charge in [-0.15, -0.1) is 0 Å². The molecule has 7 heteroatoms. The number of hydrogen-bond donors (Lipinski definition) is 0. The van der Waals surface area contributed by atoms with Gasteiger partial charge in [0, 0.05) is 28.6 Å². The van der Waals surface area contributed by atoms with Gasteiger partial charge in [-0.25, -0.2) is 9.29 Å². The number of carbonyl (C=O) groups is 3. The first kappa shape index (κ1) is 30.8. The number of halogens is 2. The Morgan fingerprint density at radius 2 is 1.29 bits per heavy atom. The summed E-state index contributed by atoms with van der Waals surface area (Å²) in [6.07, 6.45) is 6.32. The van der Waals surface area contributed by atoms with Gasteiger partial charge >= 0.3 is 0 Å². The molecule has 2 amide bonds. The van der Waals surface area contributed by atoms with Crippen LogP contribution in [-0.4, -0.2) is 16.9 Å². The van der Waals surface area contributed by atoms with Gasteiger partial charge in [-0.2, -0.15) is 0 Å². The largest absolute Gasteiger partial charge is 0.287 e. The van der Waals surface area contributed by atoms with Crippen molar-refractivity contribution in [2.75, 3.05) is 4.90 Å². The summed E-state index contributed by atoms with van der Waals surface area (Å²) < 4.78 is 15.6. The van der Waals surface area contributed by atoms with E-state index in [1.807, 2.05) is 34.6 Å². The van der Waals surface area contributed by atoms with E-state index in [2.05, 4.69) is 22.9 Å². The van der Waals surface area contributed by atoms with Crippen LogP contribution in [0.5, 0.6) is 0 Å². The Labute approximate surface area is 217 Å². The van der Waals surface area contributed by atoms with E-state index < -0.39 is 17.6 Å². The number of rotatable bonds is 14. The van der Waals surface area contributed by atoms with E-state index >= 15 is 4.39 Å². The number of amides is 2. The van der Waals surface area contributed by atoms with Gasteiger partial charge in [-0.05, 0) is 45.8 Å². The maximum atomic E-state index is 15.1.